The van der Waals surface area contributed by atoms with Crippen LogP contribution in [0.5, 0.6) is 5.75 Å². The number of aliphatic carboxylic acids is 1. The fraction of sp³-hybridized carbons (Fsp3) is 0.440. The first-order valence-electron chi connectivity index (χ1n) is 11.6. The third kappa shape index (κ3) is 5.59. The van der Waals surface area contributed by atoms with Gasteiger partial charge < -0.3 is 54.7 Å². The number of aromatic hydroxyl groups is 1. The van der Waals surface area contributed by atoms with Crippen LogP contribution in [0.4, 0.5) is 0 Å². The van der Waals surface area contributed by atoms with E-state index >= 15 is 0 Å². The molecule has 0 aromatic heterocycles. The van der Waals surface area contributed by atoms with Crippen molar-refractivity contribution in [3.8, 4) is 5.75 Å². The van der Waals surface area contributed by atoms with E-state index in [0.717, 1.165) is 12.3 Å². The van der Waals surface area contributed by atoms with E-state index < -0.39 is 79.6 Å². The summed E-state index contributed by atoms with van der Waals surface area (Å²) >= 11 is 0. The molecule has 206 valence electrons. The van der Waals surface area contributed by atoms with Gasteiger partial charge in [0.15, 0.2) is 6.29 Å². The molecule has 1 fully saturated rings. The number of carboxylic acids is 1. The van der Waals surface area contributed by atoms with Crippen LogP contribution in [-0.4, -0.2) is 103 Å². The smallest absolute Gasteiger partial charge is 0.335 e. The highest BCUT2D eigenvalue weighted by Crippen LogP contribution is 2.45. The molecule has 4 unspecified atom stereocenters. The van der Waals surface area contributed by atoms with Gasteiger partial charge in [0.25, 0.3) is 0 Å². The summed E-state index contributed by atoms with van der Waals surface area (Å²) in [5, 5.41) is 70.1. The zero-order valence-corrected chi connectivity index (χ0v) is 19.8. The molecular weight excluding hydrogens is 508 g/mol. The minimum absolute atomic E-state index is 0.0551. The molecule has 1 aliphatic carbocycles. The van der Waals surface area contributed by atoms with E-state index in [9.17, 15) is 45.3 Å². The van der Waals surface area contributed by atoms with Gasteiger partial charge in [-0.2, -0.15) is 0 Å². The fourth-order valence-corrected chi connectivity index (χ4v) is 4.57. The molecule has 9 atom stereocenters. The second kappa shape index (κ2) is 11.2. The lowest BCUT2D eigenvalue weighted by Gasteiger charge is -2.44. The van der Waals surface area contributed by atoms with E-state index in [-0.39, 0.29) is 11.3 Å². The highest BCUT2D eigenvalue weighted by atomic mass is 16.8. The molecule has 0 saturated carbocycles. The minimum atomic E-state index is -1.97. The largest absolute Gasteiger partial charge is 0.508 e. The summed E-state index contributed by atoms with van der Waals surface area (Å²) in [5.41, 5.74) is -1.58. The molecule has 0 amide bonds. The Hall–Kier alpha value is -3.30. The summed E-state index contributed by atoms with van der Waals surface area (Å²) in [4.78, 5) is 24.1. The lowest BCUT2D eigenvalue weighted by Crippen LogP contribution is -2.61. The molecule has 1 aromatic carbocycles. The summed E-state index contributed by atoms with van der Waals surface area (Å²) in [6.45, 7) is -1.32. The maximum Gasteiger partial charge on any atom is 0.335 e. The van der Waals surface area contributed by atoms with Crippen LogP contribution in [0.25, 0.3) is 6.08 Å². The molecule has 2 heterocycles. The van der Waals surface area contributed by atoms with Gasteiger partial charge in [-0.15, -0.1) is 0 Å². The number of ether oxygens (including phenoxy) is 4. The standard InChI is InChI=1S/C25H28O13/c26-9-16-19(29)20(30)21(31)24(37-16)38-23-18-14(15(10-35-23)22(32)33)7-8-25(18,34)11-36-17(28)6-3-12-1-4-13(27)5-2-12/h1-8,10,14,16,18-21,23-24,26-27,29-31,34H,9,11H2,(H,32,33)/b6-3+/t14?,16-,18?,19-,20+,21-,23?,24+,25?/m1/s1. The summed E-state index contributed by atoms with van der Waals surface area (Å²) in [7, 11) is 0. The number of carboxylic acid groups (broad SMARTS) is 1. The molecule has 7 N–H and O–H groups in total. The monoisotopic (exact) mass is 536 g/mol. The second-order valence-corrected chi connectivity index (χ2v) is 9.15. The number of fused-ring (bicyclic) bond motifs is 1. The molecule has 1 aromatic rings. The average molecular weight is 536 g/mol. The van der Waals surface area contributed by atoms with Gasteiger partial charge in [-0.05, 0) is 23.8 Å². The van der Waals surface area contributed by atoms with Gasteiger partial charge in [0.1, 0.15) is 42.4 Å². The Morgan fingerprint density at radius 2 is 1.76 bits per heavy atom. The van der Waals surface area contributed by atoms with Crippen LogP contribution in [0.15, 0.2) is 54.3 Å². The van der Waals surface area contributed by atoms with Gasteiger partial charge in [0, 0.05) is 12.0 Å². The molecule has 0 radical (unpaired) electrons. The molecule has 2 aliphatic heterocycles. The Balaban J connectivity index is 1.50. The highest BCUT2D eigenvalue weighted by molar-refractivity contribution is 5.88. The molecule has 13 heteroatoms. The van der Waals surface area contributed by atoms with E-state index in [1.54, 1.807) is 12.1 Å². The van der Waals surface area contributed by atoms with Crippen molar-refractivity contribution in [3.05, 3.63) is 59.9 Å². The summed E-state index contributed by atoms with van der Waals surface area (Å²) < 4.78 is 21.6. The molecule has 0 bridgehead atoms. The van der Waals surface area contributed by atoms with Gasteiger partial charge in [-0.3, -0.25) is 0 Å². The van der Waals surface area contributed by atoms with Crippen LogP contribution in [0, 0.1) is 11.8 Å². The Kier molecular flexibility index (Phi) is 8.18. The Bertz CT molecular complexity index is 1110. The molecular formula is C25H28O13. The molecule has 3 aliphatic rings. The SMILES string of the molecule is O=C(/C=C/c1ccc(O)cc1)OCC1(O)C=CC2C(C(=O)O)=COC(O[C@@H]3O[C@H](CO)[C@@H](O)[C@H](O)[C@H]3O)C21. The van der Waals surface area contributed by atoms with Crippen molar-refractivity contribution >= 4 is 18.0 Å². The molecule has 0 spiro atoms. The predicted molar refractivity (Wildman–Crippen MR) is 125 cm³/mol. The number of aliphatic hydroxyl groups is 5. The average Bonchev–Trinajstić information content (AvgIpc) is 3.25. The van der Waals surface area contributed by atoms with Crippen molar-refractivity contribution in [2.75, 3.05) is 13.2 Å². The second-order valence-electron chi connectivity index (χ2n) is 9.15. The van der Waals surface area contributed by atoms with Crippen molar-refractivity contribution in [1.82, 2.24) is 0 Å². The van der Waals surface area contributed by atoms with E-state index in [2.05, 4.69) is 0 Å². The number of carbonyl (C=O) groups excluding carboxylic acids is 1. The first-order chi connectivity index (χ1) is 18.0. The number of esters is 1. The number of allylic oxidation sites excluding steroid dienone is 1. The molecule has 1 saturated heterocycles. The molecule has 13 nitrogen and oxygen atoms in total. The Morgan fingerprint density at radius 3 is 2.42 bits per heavy atom. The van der Waals surface area contributed by atoms with Gasteiger partial charge in [0.05, 0.1) is 24.4 Å². The summed E-state index contributed by atoms with van der Waals surface area (Å²) in [5.74, 6) is -4.23. The van der Waals surface area contributed by atoms with Gasteiger partial charge >= 0.3 is 11.9 Å². The van der Waals surface area contributed by atoms with Crippen LogP contribution in [0.2, 0.25) is 0 Å². The van der Waals surface area contributed by atoms with Crippen molar-refractivity contribution in [1.29, 1.82) is 0 Å². The minimum Gasteiger partial charge on any atom is -0.508 e. The van der Waals surface area contributed by atoms with E-state index in [1.807, 2.05) is 0 Å². The number of hydrogen-bond donors (Lipinski definition) is 7. The van der Waals surface area contributed by atoms with Crippen LogP contribution in [-0.2, 0) is 28.5 Å². The highest BCUT2D eigenvalue weighted by Gasteiger charge is 2.56. The number of aliphatic hydroxyl groups excluding tert-OH is 4. The van der Waals surface area contributed by atoms with Crippen LogP contribution in [0.1, 0.15) is 5.56 Å². The van der Waals surface area contributed by atoms with Crippen molar-refractivity contribution < 1.29 is 64.3 Å². The normalized spacial score (nSPS) is 36.4. The predicted octanol–water partition coefficient (Wildman–Crippen LogP) is -1.38. The summed E-state index contributed by atoms with van der Waals surface area (Å²) in [6, 6.07) is 6.00. The van der Waals surface area contributed by atoms with E-state index in [4.69, 9.17) is 18.9 Å². The summed E-state index contributed by atoms with van der Waals surface area (Å²) in [6.07, 6.45) is -3.40. The topological polar surface area (TPSA) is 213 Å². The van der Waals surface area contributed by atoms with Gasteiger partial charge in [-0.1, -0.05) is 24.3 Å². The maximum atomic E-state index is 12.3. The number of benzene rings is 1. The molecule has 4 rings (SSSR count). The zero-order valence-electron chi connectivity index (χ0n) is 19.8. The first-order valence-corrected chi connectivity index (χ1v) is 11.6. The maximum absolute atomic E-state index is 12.3. The third-order valence-corrected chi connectivity index (χ3v) is 6.65. The lowest BCUT2D eigenvalue weighted by molar-refractivity contribution is -0.346. The van der Waals surface area contributed by atoms with Crippen molar-refractivity contribution in [2.45, 2.75) is 42.6 Å². The number of hydrogen-bond acceptors (Lipinski definition) is 12. The van der Waals surface area contributed by atoms with E-state index in [1.165, 1.54) is 30.4 Å². The first kappa shape index (κ1) is 27.7. The number of carbonyl (C=O) groups is 2. The van der Waals surface area contributed by atoms with Crippen molar-refractivity contribution in [3.63, 3.8) is 0 Å². The van der Waals surface area contributed by atoms with Gasteiger partial charge in [0.2, 0.25) is 6.29 Å². The van der Waals surface area contributed by atoms with Crippen LogP contribution in [0.3, 0.4) is 0 Å². The lowest BCUT2D eigenvalue weighted by atomic mass is 9.79. The number of phenols is 1. The van der Waals surface area contributed by atoms with Gasteiger partial charge in [-0.25, -0.2) is 9.59 Å². The number of phenolic OH excluding ortho intramolecular Hbond substituents is 1. The van der Waals surface area contributed by atoms with Crippen molar-refractivity contribution in [2.24, 2.45) is 11.8 Å². The van der Waals surface area contributed by atoms with Crippen LogP contribution >= 0.6 is 0 Å². The Labute approximate surface area is 216 Å². The quantitative estimate of drug-likeness (QED) is 0.116. The van der Waals surface area contributed by atoms with E-state index in [0.29, 0.717) is 5.56 Å². The zero-order chi connectivity index (χ0) is 27.6. The Morgan fingerprint density at radius 1 is 1.05 bits per heavy atom. The molecule has 38 heavy (non-hydrogen) atoms. The van der Waals surface area contributed by atoms with Crippen LogP contribution < -0.4 is 0 Å². The third-order valence-electron chi connectivity index (χ3n) is 6.65. The number of rotatable bonds is 8. The fourth-order valence-electron chi connectivity index (χ4n) is 4.57.